The van der Waals surface area contributed by atoms with Gasteiger partial charge in [0.15, 0.2) is 5.79 Å². The fourth-order valence-corrected chi connectivity index (χ4v) is 1.93. The van der Waals surface area contributed by atoms with E-state index in [-0.39, 0.29) is 0 Å². The van der Waals surface area contributed by atoms with Crippen LogP contribution in [0.15, 0.2) is 16.3 Å². The van der Waals surface area contributed by atoms with Gasteiger partial charge in [0.05, 0.1) is 0 Å². The molecule has 0 saturated carbocycles. The van der Waals surface area contributed by atoms with Crippen LogP contribution < -0.4 is 22.1 Å². The molecule has 0 aromatic carbocycles. The molecule has 2 heterocycles. The van der Waals surface area contributed by atoms with Crippen molar-refractivity contribution in [3.8, 4) is 0 Å². The Morgan fingerprint density at radius 2 is 2.07 bits per heavy atom. The molecule has 0 bridgehead atoms. The molecule has 78 valence electrons. The number of nitrogens with zero attached hydrogens (tertiary/aromatic N) is 1. The summed E-state index contributed by atoms with van der Waals surface area (Å²) >= 11 is 0. The van der Waals surface area contributed by atoms with E-state index >= 15 is 0 Å². The van der Waals surface area contributed by atoms with Gasteiger partial charge in [-0.05, 0) is 19.9 Å². The molecule has 0 fully saturated rings. The molecule has 0 aromatic rings. The lowest BCUT2D eigenvalue weighted by Gasteiger charge is -2.31. The van der Waals surface area contributed by atoms with Gasteiger partial charge in [-0.15, -0.1) is 0 Å². The van der Waals surface area contributed by atoms with Gasteiger partial charge in [-0.1, -0.05) is 0 Å². The Morgan fingerprint density at radius 1 is 1.36 bits per heavy atom. The topological polar surface area (TPSA) is 88.5 Å². The number of nitrogens with two attached hydrogens (primary N) is 2. The highest BCUT2D eigenvalue weighted by atomic mass is 15.3. The van der Waals surface area contributed by atoms with Gasteiger partial charge in [0.25, 0.3) is 0 Å². The fourth-order valence-electron chi connectivity index (χ4n) is 1.93. The minimum atomic E-state index is -0.743. The van der Waals surface area contributed by atoms with Crippen molar-refractivity contribution < 1.29 is 0 Å². The van der Waals surface area contributed by atoms with E-state index in [1.807, 2.05) is 6.92 Å². The summed E-state index contributed by atoms with van der Waals surface area (Å²) < 4.78 is 0. The molecule has 0 spiro atoms. The zero-order chi connectivity index (χ0) is 10.2. The van der Waals surface area contributed by atoms with Crippen LogP contribution in [0, 0.1) is 0 Å². The van der Waals surface area contributed by atoms with Crippen LogP contribution >= 0.6 is 0 Å². The largest absolute Gasteiger partial charge is 0.384 e. The van der Waals surface area contributed by atoms with E-state index in [1.165, 1.54) is 0 Å². The minimum absolute atomic E-state index is 0.590. The average molecular weight is 195 g/mol. The van der Waals surface area contributed by atoms with Crippen LogP contribution in [0.4, 0.5) is 0 Å². The summed E-state index contributed by atoms with van der Waals surface area (Å²) in [7, 11) is 0. The van der Waals surface area contributed by atoms with Crippen LogP contribution in [-0.2, 0) is 0 Å². The van der Waals surface area contributed by atoms with E-state index in [1.54, 1.807) is 0 Å². The molecule has 6 N–H and O–H groups in total. The number of rotatable bonds is 0. The summed E-state index contributed by atoms with van der Waals surface area (Å²) in [6.45, 7) is 3.75. The second-order valence-electron chi connectivity index (χ2n) is 3.98. The molecule has 2 rings (SSSR count). The maximum absolute atomic E-state index is 5.89. The Morgan fingerprint density at radius 3 is 2.86 bits per heavy atom. The summed E-state index contributed by atoms with van der Waals surface area (Å²) in [6.07, 6.45) is 1.87. The molecule has 2 aliphatic heterocycles. The summed E-state index contributed by atoms with van der Waals surface area (Å²) in [5, 5.41) is 6.53. The number of aliphatic imine (C=N–C) groups is 1. The Balaban J connectivity index is 2.31. The van der Waals surface area contributed by atoms with Crippen molar-refractivity contribution in [2.24, 2.45) is 16.5 Å². The number of amidine groups is 1. The fraction of sp³-hybridized carbons (Fsp3) is 0.667. The quantitative estimate of drug-likeness (QED) is 0.408. The van der Waals surface area contributed by atoms with Gasteiger partial charge in [0, 0.05) is 24.2 Å². The maximum Gasteiger partial charge on any atom is 0.181 e. The number of nitrogens with one attached hydrogen (secondary N) is 2. The smallest absolute Gasteiger partial charge is 0.181 e. The molecular weight excluding hydrogens is 178 g/mol. The summed E-state index contributed by atoms with van der Waals surface area (Å²) in [6, 6.07) is 0. The molecule has 0 aliphatic carbocycles. The molecule has 1 atom stereocenters. The number of hydrogen-bond acceptors (Lipinski definition) is 5. The molecular formula is C9H17N5. The predicted octanol–water partition coefficient (Wildman–Crippen LogP) is -0.783. The Labute approximate surface area is 83.6 Å². The third kappa shape index (κ3) is 1.73. The first-order valence-corrected chi connectivity index (χ1v) is 4.94. The zero-order valence-corrected chi connectivity index (χ0v) is 8.43. The van der Waals surface area contributed by atoms with Gasteiger partial charge in [-0.2, -0.15) is 0 Å². The monoisotopic (exact) mass is 195 g/mol. The van der Waals surface area contributed by atoms with Crippen LogP contribution in [0.1, 0.15) is 19.8 Å². The van der Waals surface area contributed by atoms with Crippen LogP contribution in [0.5, 0.6) is 0 Å². The first-order valence-electron chi connectivity index (χ1n) is 4.94. The maximum atomic E-state index is 5.89. The van der Waals surface area contributed by atoms with E-state index in [2.05, 4.69) is 15.6 Å². The van der Waals surface area contributed by atoms with Crippen molar-refractivity contribution in [2.45, 2.75) is 25.6 Å². The molecule has 0 saturated heterocycles. The molecule has 0 aromatic heterocycles. The summed E-state index contributed by atoms with van der Waals surface area (Å²) in [5.41, 5.74) is 14.0. The van der Waals surface area contributed by atoms with Crippen molar-refractivity contribution in [1.29, 1.82) is 0 Å². The molecule has 1 unspecified atom stereocenters. The highest BCUT2D eigenvalue weighted by Gasteiger charge is 2.27. The first kappa shape index (κ1) is 9.48. The highest BCUT2D eigenvalue weighted by Crippen LogP contribution is 2.20. The van der Waals surface area contributed by atoms with Gasteiger partial charge >= 0.3 is 0 Å². The van der Waals surface area contributed by atoms with Gasteiger partial charge in [-0.25, -0.2) is 4.99 Å². The molecule has 0 radical (unpaired) electrons. The van der Waals surface area contributed by atoms with Gasteiger partial charge in [-0.3, -0.25) is 5.73 Å². The van der Waals surface area contributed by atoms with Crippen molar-refractivity contribution in [3.63, 3.8) is 0 Å². The van der Waals surface area contributed by atoms with Crippen LogP contribution in [0.3, 0.4) is 0 Å². The first-order chi connectivity index (χ1) is 6.58. The Kier molecular flexibility index (Phi) is 2.20. The normalized spacial score (nSPS) is 32.9. The lowest BCUT2D eigenvalue weighted by Crippen LogP contribution is -2.53. The van der Waals surface area contributed by atoms with Gasteiger partial charge < -0.3 is 16.4 Å². The van der Waals surface area contributed by atoms with Crippen molar-refractivity contribution in [3.05, 3.63) is 11.3 Å². The Hall–Kier alpha value is -1.07. The van der Waals surface area contributed by atoms with Crippen LogP contribution in [0.25, 0.3) is 0 Å². The zero-order valence-electron chi connectivity index (χ0n) is 8.43. The molecule has 5 heteroatoms. The molecule has 5 nitrogen and oxygen atoms in total. The predicted molar refractivity (Wildman–Crippen MR) is 56.5 cm³/mol. The van der Waals surface area contributed by atoms with Crippen LogP contribution in [-0.4, -0.2) is 24.7 Å². The second-order valence-corrected chi connectivity index (χ2v) is 3.98. The average Bonchev–Trinajstić information content (AvgIpc) is 2.27. The van der Waals surface area contributed by atoms with E-state index in [0.29, 0.717) is 5.84 Å². The van der Waals surface area contributed by atoms with Crippen LogP contribution in [0.2, 0.25) is 0 Å². The standard InChI is InChI=1S/C9H17N5/c1-9(11)13-7-3-5-12-4-2-6(7)8(10)14-9/h12-13H,2-5,11H2,1H3,(H2,10,14). The molecule has 2 aliphatic rings. The SMILES string of the molecule is CC1(N)N=C(N)C2=C(CCNCC2)N1. The molecule has 14 heavy (non-hydrogen) atoms. The second kappa shape index (κ2) is 3.25. The third-order valence-electron chi connectivity index (χ3n) is 2.53. The summed E-state index contributed by atoms with van der Waals surface area (Å²) in [5.74, 6) is -0.153. The highest BCUT2D eigenvalue weighted by molar-refractivity contribution is 5.98. The third-order valence-corrected chi connectivity index (χ3v) is 2.53. The lowest BCUT2D eigenvalue weighted by molar-refractivity contribution is 0.409. The van der Waals surface area contributed by atoms with E-state index in [9.17, 15) is 0 Å². The Bertz CT molecular complexity index is 302. The van der Waals surface area contributed by atoms with E-state index in [0.717, 1.165) is 37.2 Å². The molecule has 0 amide bonds. The van der Waals surface area contributed by atoms with Crippen molar-refractivity contribution in [2.75, 3.05) is 13.1 Å². The van der Waals surface area contributed by atoms with E-state index < -0.39 is 5.79 Å². The van der Waals surface area contributed by atoms with Gasteiger partial charge in [0.1, 0.15) is 5.84 Å². The van der Waals surface area contributed by atoms with E-state index in [4.69, 9.17) is 11.5 Å². The van der Waals surface area contributed by atoms with Crippen molar-refractivity contribution in [1.82, 2.24) is 10.6 Å². The van der Waals surface area contributed by atoms with Crippen molar-refractivity contribution >= 4 is 5.84 Å². The number of hydrogen-bond donors (Lipinski definition) is 4. The summed E-state index contributed by atoms with van der Waals surface area (Å²) in [4.78, 5) is 4.22. The lowest BCUT2D eigenvalue weighted by atomic mass is 10.1. The minimum Gasteiger partial charge on any atom is -0.384 e. The van der Waals surface area contributed by atoms with Gasteiger partial charge in [0.2, 0.25) is 0 Å².